The molecule has 11 heteroatoms. The molecule has 22 heavy (non-hydrogen) atoms. The molecule has 1 unspecified atom stereocenters. The lowest BCUT2D eigenvalue weighted by molar-refractivity contribution is -0.0599. The minimum absolute atomic E-state index is 0.422. The topological polar surface area (TPSA) is 137 Å². The summed E-state index contributed by atoms with van der Waals surface area (Å²) in [5.74, 6) is 0. The Hall–Kier alpha value is -1.53. The van der Waals surface area contributed by atoms with Crippen LogP contribution < -0.4 is 11.2 Å². The summed E-state index contributed by atoms with van der Waals surface area (Å²) in [5, 5.41) is 10.1. The first-order chi connectivity index (χ1) is 10.2. The lowest BCUT2D eigenvalue weighted by atomic mass is 10.1. The summed E-state index contributed by atoms with van der Waals surface area (Å²) in [6, 6.07) is 1.12. The lowest BCUT2D eigenvalue weighted by Crippen LogP contribution is -2.38. The average Bonchev–Trinajstić information content (AvgIpc) is 2.72. The molecule has 1 aromatic heterocycles. The second kappa shape index (κ2) is 6.30. The summed E-state index contributed by atoms with van der Waals surface area (Å²) in [5.41, 5.74) is -1.32. The molecule has 124 valence electrons. The van der Waals surface area contributed by atoms with Gasteiger partial charge in [0.25, 0.3) is 15.7 Å². The zero-order valence-corrected chi connectivity index (χ0v) is 12.6. The second-order valence-corrected chi connectivity index (χ2v) is 6.41. The van der Waals surface area contributed by atoms with Crippen molar-refractivity contribution in [1.29, 1.82) is 0 Å². The van der Waals surface area contributed by atoms with Gasteiger partial charge in [-0.2, -0.15) is 8.42 Å². The Morgan fingerprint density at radius 3 is 2.68 bits per heavy atom. The summed E-state index contributed by atoms with van der Waals surface area (Å²) in [7, 11) is -2.40. The third-order valence-corrected chi connectivity index (χ3v) is 3.72. The highest BCUT2D eigenvalue weighted by molar-refractivity contribution is 7.85. The highest BCUT2D eigenvalue weighted by Crippen LogP contribution is 2.30. The highest BCUT2D eigenvalue weighted by atomic mass is 32.2. The van der Waals surface area contributed by atoms with E-state index < -0.39 is 52.5 Å². The van der Waals surface area contributed by atoms with Crippen molar-refractivity contribution in [3.8, 4) is 0 Å². The van der Waals surface area contributed by atoms with Crippen LogP contribution in [0.15, 0.2) is 21.9 Å². The molecule has 0 radical (unpaired) electrons. The van der Waals surface area contributed by atoms with Crippen molar-refractivity contribution in [2.75, 3.05) is 20.0 Å². The number of aromatic amines is 1. The average molecular weight is 336 g/mol. The van der Waals surface area contributed by atoms with Gasteiger partial charge in [0, 0.05) is 19.4 Å². The van der Waals surface area contributed by atoms with Crippen LogP contribution in [0.4, 0.5) is 0 Å². The van der Waals surface area contributed by atoms with Crippen molar-refractivity contribution in [1.82, 2.24) is 9.55 Å². The van der Waals surface area contributed by atoms with Gasteiger partial charge in [0.1, 0.15) is 18.3 Å². The maximum atomic E-state index is 11.8. The van der Waals surface area contributed by atoms with Gasteiger partial charge in [-0.15, -0.1) is 0 Å². The first-order valence-corrected chi connectivity index (χ1v) is 8.07. The van der Waals surface area contributed by atoms with Crippen molar-refractivity contribution in [3.05, 3.63) is 33.1 Å². The number of methoxy groups -OCH3 is 1. The maximum absolute atomic E-state index is 11.8. The Morgan fingerprint density at radius 1 is 1.45 bits per heavy atom. The molecule has 0 bridgehead atoms. The van der Waals surface area contributed by atoms with Crippen LogP contribution in [0.2, 0.25) is 0 Å². The van der Waals surface area contributed by atoms with Gasteiger partial charge >= 0.3 is 5.69 Å². The molecule has 2 rings (SSSR count). The fourth-order valence-corrected chi connectivity index (χ4v) is 2.53. The van der Waals surface area contributed by atoms with Gasteiger partial charge in [0.2, 0.25) is 0 Å². The summed E-state index contributed by atoms with van der Waals surface area (Å²) in [6.45, 7) is -0.422. The minimum Gasteiger partial charge on any atom is -0.387 e. The van der Waals surface area contributed by atoms with Crippen LogP contribution in [0.1, 0.15) is 6.23 Å². The number of H-pyrrole nitrogens is 1. The van der Waals surface area contributed by atoms with E-state index in [4.69, 9.17) is 9.47 Å². The second-order valence-electron chi connectivity index (χ2n) is 4.76. The van der Waals surface area contributed by atoms with E-state index in [-0.39, 0.29) is 0 Å². The normalized spacial score (nSPS) is 28.9. The van der Waals surface area contributed by atoms with Gasteiger partial charge in [-0.1, -0.05) is 0 Å². The van der Waals surface area contributed by atoms with E-state index in [1.165, 1.54) is 13.3 Å². The Balaban J connectivity index is 2.25. The minimum atomic E-state index is -3.70. The molecule has 1 fully saturated rings. The third-order valence-electron chi connectivity index (χ3n) is 3.16. The lowest BCUT2D eigenvalue weighted by Gasteiger charge is -2.19. The fraction of sp³-hybridized carbons (Fsp3) is 0.636. The fourth-order valence-electron chi connectivity index (χ4n) is 2.15. The highest BCUT2D eigenvalue weighted by Gasteiger charge is 2.45. The van der Waals surface area contributed by atoms with Crippen LogP contribution >= 0.6 is 0 Å². The van der Waals surface area contributed by atoms with Crippen LogP contribution in [0.25, 0.3) is 0 Å². The van der Waals surface area contributed by atoms with E-state index in [1.54, 1.807) is 0 Å². The molecule has 0 saturated carbocycles. The molecule has 1 aliphatic heterocycles. The largest absolute Gasteiger partial charge is 0.387 e. The zero-order chi connectivity index (χ0) is 16.5. The van der Waals surface area contributed by atoms with Crippen molar-refractivity contribution < 1.29 is 27.2 Å². The molecule has 1 saturated heterocycles. The summed E-state index contributed by atoms with van der Waals surface area (Å²) < 4.78 is 38.2. The molecule has 2 N–H and O–H groups in total. The number of hydrogen-bond acceptors (Lipinski definition) is 8. The Labute approximate surface area is 125 Å². The van der Waals surface area contributed by atoms with Crippen molar-refractivity contribution in [3.63, 3.8) is 0 Å². The van der Waals surface area contributed by atoms with Crippen molar-refractivity contribution in [2.24, 2.45) is 0 Å². The van der Waals surface area contributed by atoms with Gasteiger partial charge in [0.15, 0.2) is 6.23 Å². The molecule has 10 nitrogen and oxygen atoms in total. The Kier molecular flexibility index (Phi) is 4.82. The maximum Gasteiger partial charge on any atom is 0.330 e. The summed E-state index contributed by atoms with van der Waals surface area (Å²) in [4.78, 5) is 24.9. The van der Waals surface area contributed by atoms with E-state index in [2.05, 4.69) is 9.17 Å². The number of rotatable bonds is 5. The van der Waals surface area contributed by atoms with Crippen LogP contribution in [-0.4, -0.2) is 61.4 Å². The Bertz CT molecular complexity index is 739. The number of nitrogens with zero attached hydrogens (tertiary/aromatic N) is 1. The standard InChI is InChI=1S/C11H16N2O8S/c1-19-9-8(15)6(5-20-22(2,17)18)21-10(9)13-4-3-7(14)12-11(13)16/h3-4,6,8-10,15H,5H2,1-2H3,(H,12,14,16)/t6-,8?,9+,10-/m1/s1. The Morgan fingerprint density at radius 2 is 2.14 bits per heavy atom. The molecular formula is C11H16N2O8S. The molecule has 0 spiro atoms. The quantitative estimate of drug-likeness (QED) is 0.577. The number of ether oxygens (including phenoxy) is 2. The monoisotopic (exact) mass is 336 g/mol. The third kappa shape index (κ3) is 3.62. The number of aliphatic hydroxyl groups is 1. The smallest absolute Gasteiger partial charge is 0.330 e. The van der Waals surface area contributed by atoms with Gasteiger partial charge < -0.3 is 14.6 Å². The number of aromatic nitrogens is 2. The van der Waals surface area contributed by atoms with Gasteiger partial charge in [-0.25, -0.2) is 4.79 Å². The molecule has 1 aromatic rings. The first-order valence-electron chi connectivity index (χ1n) is 6.25. The summed E-state index contributed by atoms with van der Waals surface area (Å²) in [6.07, 6.45) is -2.12. The van der Waals surface area contributed by atoms with Crippen LogP contribution in [-0.2, 0) is 23.8 Å². The van der Waals surface area contributed by atoms with Crippen LogP contribution in [0.3, 0.4) is 0 Å². The predicted molar refractivity (Wildman–Crippen MR) is 72.8 cm³/mol. The van der Waals surface area contributed by atoms with E-state index >= 15 is 0 Å². The predicted octanol–water partition coefficient (Wildman–Crippen LogP) is -2.21. The number of aliphatic hydroxyl groups excluding tert-OH is 1. The van der Waals surface area contributed by atoms with Gasteiger partial charge in [0.05, 0.1) is 12.9 Å². The van der Waals surface area contributed by atoms with E-state index in [9.17, 15) is 23.1 Å². The molecule has 0 aliphatic carbocycles. The molecule has 4 atom stereocenters. The SMILES string of the molecule is CO[C@H]1C(O)[C@@H](COS(C)(=O)=O)O[C@H]1n1ccc(=O)[nH]c1=O. The van der Waals surface area contributed by atoms with E-state index in [1.807, 2.05) is 0 Å². The molecule has 0 amide bonds. The van der Waals surface area contributed by atoms with Crippen LogP contribution in [0, 0.1) is 0 Å². The number of nitrogens with one attached hydrogen (secondary N) is 1. The summed E-state index contributed by atoms with van der Waals surface area (Å²) >= 11 is 0. The van der Waals surface area contributed by atoms with E-state index in [0.29, 0.717) is 0 Å². The zero-order valence-electron chi connectivity index (χ0n) is 11.8. The van der Waals surface area contributed by atoms with E-state index in [0.717, 1.165) is 16.9 Å². The van der Waals surface area contributed by atoms with Crippen LogP contribution in [0.5, 0.6) is 0 Å². The number of hydrogen-bond donors (Lipinski definition) is 2. The van der Waals surface area contributed by atoms with Crippen molar-refractivity contribution in [2.45, 2.75) is 24.5 Å². The molecular weight excluding hydrogens is 320 g/mol. The van der Waals surface area contributed by atoms with Crippen molar-refractivity contribution >= 4 is 10.1 Å². The van der Waals surface area contributed by atoms with Gasteiger partial charge in [-0.05, 0) is 0 Å². The molecule has 2 heterocycles. The molecule has 1 aliphatic rings. The molecule has 0 aromatic carbocycles. The first kappa shape index (κ1) is 16.8. The van der Waals surface area contributed by atoms with Gasteiger partial charge in [-0.3, -0.25) is 18.5 Å².